The maximum absolute atomic E-state index is 12.4. The first kappa shape index (κ1) is 23.9. The standard InChI is InChI=1S/C24H14Cl2N2O7/c1-33-20-11-13(9-17(26)21(20)34-23(29)14-5-3-2-4-6-14)10-18-24(30)35-22(27-18)15-7-8-16(25)19(12-15)28(31)32/h2-12H,1H3/b18-10-. The van der Waals surface area contributed by atoms with Gasteiger partial charge in [0.1, 0.15) is 5.02 Å². The maximum atomic E-state index is 12.4. The van der Waals surface area contributed by atoms with Crippen LogP contribution >= 0.6 is 23.2 Å². The van der Waals surface area contributed by atoms with Crippen molar-refractivity contribution >= 4 is 52.8 Å². The highest BCUT2D eigenvalue weighted by Crippen LogP contribution is 2.38. The quantitative estimate of drug-likeness (QED) is 0.141. The minimum atomic E-state index is -0.771. The van der Waals surface area contributed by atoms with Crippen molar-refractivity contribution in [3.63, 3.8) is 0 Å². The fourth-order valence-electron chi connectivity index (χ4n) is 3.12. The SMILES string of the molecule is COc1cc(/C=C2\N=C(c3ccc(Cl)c([N+](=O)[O-])c3)OC2=O)cc(Cl)c1OC(=O)c1ccccc1. The van der Waals surface area contributed by atoms with Gasteiger partial charge in [0.25, 0.3) is 5.69 Å². The molecule has 0 aromatic heterocycles. The predicted octanol–water partition coefficient (Wildman–Crippen LogP) is 5.47. The van der Waals surface area contributed by atoms with Crippen LogP contribution in [0.5, 0.6) is 11.5 Å². The zero-order valence-corrected chi connectivity index (χ0v) is 19.4. The largest absolute Gasteiger partial charge is 0.493 e. The van der Waals surface area contributed by atoms with Gasteiger partial charge in [-0.15, -0.1) is 0 Å². The zero-order chi connectivity index (χ0) is 25.1. The smallest absolute Gasteiger partial charge is 0.363 e. The minimum absolute atomic E-state index is 0.0110. The molecular weight excluding hydrogens is 499 g/mol. The van der Waals surface area contributed by atoms with E-state index in [1.807, 2.05) is 0 Å². The first-order chi connectivity index (χ1) is 16.8. The molecule has 4 rings (SSSR count). The van der Waals surface area contributed by atoms with E-state index in [1.54, 1.807) is 30.3 Å². The summed E-state index contributed by atoms with van der Waals surface area (Å²) in [6.45, 7) is 0. The van der Waals surface area contributed by atoms with Crippen LogP contribution in [-0.2, 0) is 9.53 Å². The molecule has 0 unspecified atom stereocenters. The second-order valence-electron chi connectivity index (χ2n) is 7.05. The van der Waals surface area contributed by atoms with Crippen LogP contribution in [0.2, 0.25) is 10.0 Å². The molecule has 1 aliphatic rings. The van der Waals surface area contributed by atoms with E-state index in [4.69, 9.17) is 37.4 Å². The summed E-state index contributed by atoms with van der Waals surface area (Å²) in [7, 11) is 1.37. The first-order valence-corrected chi connectivity index (χ1v) is 10.6. The summed E-state index contributed by atoms with van der Waals surface area (Å²) in [5.41, 5.74) is 0.513. The Labute approximate surface area is 208 Å². The lowest BCUT2D eigenvalue weighted by Gasteiger charge is -2.12. The monoisotopic (exact) mass is 512 g/mol. The molecule has 1 aliphatic heterocycles. The Morgan fingerprint density at radius 1 is 1.09 bits per heavy atom. The second kappa shape index (κ2) is 9.96. The summed E-state index contributed by atoms with van der Waals surface area (Å²) in [4.78, 5) is 39.4. The van der Waals surface area contributed by atoms with E-state index >= 15 is 0 Å². The Morgan fingerprint density at radius 2 is 1.83 bits per heavy atom. The number of carbonyl (C=O) groups excluding carboxylic acids is 2. The summed E-state index contributed by atoms with van der Waals surface area (Å²) in [5, 5.41) is 11.1. The molecule has 176 valence electrons. The van der Waals surface area contributed by atoms with E-state index < -0.39 is 16.9 Å². The van der Waals surface area contributed by atoms with Crippen LogP contribution in [0.3, 0.4) is 0 Å². The normalized spacial score (nSPS) is 13.9. The Bertz CT molecular complexity index is 1420. The third kappa shape index (κ3) is 5.16. The third-order valence-corrected chi connectivity index (χ3v) is 5.37. The number of methoxy groups -OCH3 is 1. The Balaban J connectivity index is 1.64. The first-order valence-electron chi connectivity index (χ1n) is 9.88. The highest BCUT2D eigenvalue weighted by molar-refractivity contribution is 6.33. The Morgan fingerprint density at radius 3 is 2.51 bits per heavy atom. The minimum Gasteiger partial charge on any atom is -0.493 e. The molecule has 35 heavy (non-hydrogen) atoms. The van der Waals surface area contributed by atoms with Crippen molar-refractivity contribution in [2.75, 3.05) is 7.11 Å². The summed E-state index contributed by atoms with van der Waals surface area (Å²) in [6, 6.07) is 15.2. The number of nitro groups is 1. The molecule has 0 amide bonds. The van der Waals surface area contributed by atoms with Gasteiger partial charge in [-0.2, -0.15) is 0 Å². The molecule has 9 nitrogen and oxygen atoms in total. The van der Waals surface area contributed by atoms with Gasteiger partial charge in [0.05, 0.1) is 22.6 Å². The van der Waals surface area contributed by atoms with Crippen molar-refractivity contribution in [2.45, 2.75) is 0 Å². The van der Waals surface area contributed by atoms with Gasteiger partial charge in [-0.3, -0.25) is 10.1 Å². The lowest BCUT2D eigenvalue weighted by Crippen LogP contribution is -2.09. The van der Waals surface area contributed by atoms with E-state index in [0.29, 0.717) is 11.1 Å². The maximum Gasteiger partial charge on any atom is 0.363 e. The highest BCUT2D eigenvalue weighted by Gasteiger charge is 2.26. The van der Waals surface area contributed by atoms with Gasteiger partial charge in [-0.1, -0.05) is 41.4 Å². The number of hydrogen-bond acceptors (Lipinski definition) is 8. The number of halogens is 2. The van der Waals surface area contributed by atoms with Crippen molar-refractivity contribution in [1.29, 1.82) is 0 Å². The molecular formula is C24H14Cl2N2O7. The van der Waals surface area contributed by atoms with Crippen LogP contribution < -0.4 is 9.47 Å². The van der Waals surface area contributed by atoms with Gasteiger partial charge in [0, 0.05) is 11.6 Å². The summed E-state index contributed by atoms with van der Waals surface area (Å²) in [6.07, 6.45) is 1.39. The lowest BCUT2D eigenvalue weighted by molar-refractivity contribution is -0.384. The molecule has 3 aromatic carbocycles. The topological polar surface area (TPSA) is 117 Å². The molecule has 0 aliphatic carbocycles. The lowest BCUT2D eigenvalue weighted by atomic mass is 10.1. The number of hydrogen-bond donors (Lipinski definition) is 0. The number of aliphatic imine (C=N–C) groups is 1. The average Bonchev–Trinajstić information content (AvgIpc) is 3.21. The summed E-state index contributed by atoms with van der Waals surface area (Å²) < 4.78 is 15.9. The number of ether oxygens (including phenoxy) is 3. The number of cyclic esters (lactones) is 1. The number of nitro benzene ring substituents is 1. The van der Waals surface area contributed by atoms with Crippen LogP contribution in [0.25, 0.3) is 6.08 Å². The van der Waals surface area contributed by atoms with Gasteiger partial charge < -0.3 is 14.2 Å². The van der Waals surface area contributed by atoms with E-state index in [2.05, 4.69) is 4.99 Å². The van der Waals surface area contributed by atoms with E-state index in [-0.39, 0.29) is 44.4 Å². The highest BCUT2D eigenvalue weighted by atomic mass is 35.5. The molecule has 0 atom stereocenters. The van der Waals surface area contributed by atoms with Crippen molar-refractivity contribution in [3.05, 3.63) is 103 Å². The van der Waals surface area contributed by atoms with Crippen LogP contribution in [-0.4, -0.2) is 29.9 Å². The number of nitrogens with zero attached hydrogens (tertiary/aromatic N) is 2. The van der Waals surface area contributed by atoms with Crippen LogP contribution in [0.1, 0.15) is 21.5 Å². The number of carbonyl (C=O) groups is 2. The van der Waals surface area contributed by atoms with E-state index in [1.165, 1.54) is 37.5 Å². The number of benzene rings is 3. The molecule has 3 aromatic rings. The molecule has 0 spiro atoms. The molecule has 0 saturated heterocycles. The molecule has 0 saturated carbocycles. The Kier molecular flexibility index (Phi) is 6.81. The van der Waals surface area contributed by atoms with Gasteiger partial charge >= 0.3 is 11.9 Å². The number of esters is 2. The Hall–Kier alpha value is -4.21. The van der Waals surface area contributed by atoms with Gasteiger partial charge in [-0.05, 0) is 48.0 Å². The molecule has 11 heteroatoms. The zero-order valence-electron chi connectivity index (χ0n) is 17.9. The fourth-order valence-corrected chi connectivity index (χ4v) is 3.57. The summed E-state index contributed by atoms with van der Waals surface area (Å²) >= 11 is 12.2. The fraction of sp³-hybridized carbons (Fsp3) is 0.0417. The second-order valence-corrected chi connectivity index (χ2v) is 7.86. The molecule has 0 radical (unpaired) electrons. The van der Waals surface area contributed by atoms with Gasteiger partial charge in [0.2, 0.25) is 5.90 Å². The molecule has 0 bridgehead atoms. The summed E-state index contributed by atoms with van der Waals surface area (Å²) in [5.74, 6) is -1.35. The molecule has 1 heterocycles. The number of rotatable bonds is 6. The van der Waals surface area contributed by atoms with Gasteiger partial charge in [0.15, 0.2) is 17.2 Å². The van der Waals surface area contributed by atoms with E-state index in [9.17, 15) is 19.7 Å². The van der Waals surface area contributed by atoms with Crippen LogP contribution in [0.4, 0.5) is 5.69 Å². The predicted molar refractivity (Wildman–Crippen MR) is 128 cm³/mol. The third-order valence-electron chi connectivity index (χ3n) is 4.77. The van der Waals surface area contributed by atoms with Crippen molar-refractivity contribution in [1.82, 2.24) is 0 Å². The van der Waals surface area contributed by atoms with E-state index in [0.717, 1.165) is 6.07 Å². The van der Waals surface area contributed by atoms with Gasteiger partial charge in [-0.25, -0.2) is 14.6 Å². The van der Waals surface area contributed by atoms with Crippen molar-refractivity contribution in [3.8, 4) is 11.5 Å². The van der Waals surface area contributed by atoms with Crippen LogP contribution in [0.15, 0.2) is 71.4 Å². The van der Waals surface area contributed by atoms with Crippen molar-refractivity contribution in [2.24, 2.45) is 4.99 Å². The average molecular weight is 513 g/mol. The molecule has 0 fully saturated rings. The molecule has 0 N–H and O–H groups in total. The van der Waals surface area contributed by atoms with Crippen molar-refractivity contribution < 1.29 is 28.7 Å². The van der Waals surface area contributed by atoms with Crippen LogP contribution in [0, 0.1) is 10.1 Å².